The quantitative estimate of drug-likeness (QED) is 0.636. The standard InChI is InChI=1S/C15H19N3O2/c1-9-6-16-14(12(4)15(9)18(19)20)8-17-7-10(2)11(3)13(17)5/h6-7H,8H2,1-5H3. The number of hydrogen-bond donors (Lipinski definition) is 0. The van der Waals surface area contributed by atoms with Gasteiger partial charge in [-0.25, -0.2) is 0 Å². The Labute approximate surface area is 118 Å². The van der Waals surface area contributed by atoms with Gasteiger partial charge in [0.1, 0.15) is 0 Å². The van der Waals surface area contributed by atoms with E-state index in [1.54, 1.807) is 20.0 Å². The van der Waals surface area contributed by atoms with E-state index in [1.165, 1.54) is 16.8 Å². The fraction of sp³-hybridized carbons (Fsp3) is 0.400. The van der Waals surface area contributed by atoms with E-state index in [1.807, 2.05) is 0 Å². The molecule has 0 aliphatic carbocycles. The maximum absolute atomic E-state index is 11.1. The molecular weight excluding hydrogens is 254 g/mol. The number of hydrogen-bond acceptors (Lipinski definition) is 3. The molecule has 5 heteroatoms. The van der Waals surface area contributed by atoms with Gasteiger partial charge in [-0.05, 0) is 45.7 Å². The fourth-order valence-electron chi connectivity index (χ4n) is 2.46. The normalized spacial score (nSPS) is 10.8. The molecule has 0 unspecified atom stereocenters. The van der Waals surface area contributed by atoms with Crippen molar-refractivity contribution in [2.75, 3.05) is 0 Å². The molecule has 0 atom stereocenters. The number of rotatable bonds is 3. The van der Waals surface area contributed by atoms with Gasteiger partial charge in [-0.3, -0.25) is 15.1 Å². The lowest BCUT2D eigenvalue weighted by molar-refractivity contribution is -0.386. The summed E-state index contributed by atoms with van der Waals surface area (Å²) in [6.07, 6.45) is 3.65. The summed E-state index contributed by atoms with van der Waals surface area (Å²) in [5.74, 6) is 0. The highest BCUT2D eigenvalue weighted by Gasteiger charge is 2.19. The third kappa shape index (κ3) is 2.31. The minimum atomic E-state index is -0.325. The van der Waals surface area contributed by atoms with Crippen molar-refractivity contribution in [3.63, 3.8) is 0 Å². The van der Waals surface area contributed by atoms with E-state index >= 15 is 0 Å². The lowest BCUT2D eigenvalue weighted by atomic mass is 10.1. The summed E-state index contributed by atoms with van der Waals surface area (Å²) in [5.41, 5.74) is 5.83. The molecule has 0 spiro atoms. The molecule has 0 saturated heterocycles. The third-order valence-corrected chi connectivity index (χ3v) is 3.99. The molecule has 2 heterocycles. The van der Waals surface area contributed by atoms with Gasteiger partial charge < -0.3 is 4.57 Å². The monoisotopic (exact) mass is 273 g/mol. The molecule has 0 bridgehead atoms. The van der Waals surface area contributed by atoms with Crippen LogP contribution in [0.1, 0.15) is 33.6 Å². The van der Waals surface area contributed by atoms with E-state index in [2.05, 4.69) is 36.5 Å². The largest absolute Gasteiger partial charge is 0.345 e. The van der Waals surface area contributed by atoms with Gasteiger partial charge in [-0.15, -0.1) is 0 Å². The molecule has 0 aromatic carbocycles. The Bertz CT molecular complexity index is 687. The number of aryl methyl sites for hydroxylation is 2. The molecule has 2 aromatic rings. The Balaban J connectivity index is 2.47. The van der Waals surface area contributed by atoms with Crippen LogP contribution < -0.4 is 0 Å². The Morgan fingerprint density at radius 2 is 1.80 bits per heavy atom. The van der Waals surface area contributed by atoms with E-state index in [0.717, 1.165) is 5.69 Å². The van der Waals surface area contributed by atoms with Gasteiger partial charge in [0, 0.05) is 23.7 Å². The van der Waals surface area contributed by atoms with Gasteiger partial charge in [0.15, 0.2) is 0 Å². The third-order valence-electron chi connectivity index (χ3n) is 3.99. The van der Waals surface area contributed by atoms with Gasteiger partial charge in [0.25, 0.3) is 5.69 Å². The van der Waals surface area contributed by atoms with Crippen LogP contribution in [-0.2, 0) is 6.54 Å². The topological polar surface area (TPSA) is 61.0 Å². The summed E-state index contributed by atoms with van der Waals surface area (Å²) >= 11 is 0. The maximum atomic E-state index is 11.1. The van der Waals surface area contributed by atoms with Gasteiger partial charge >= 0.3 is 0 Å². The molecule has 0 N–H and O–H groups in total. The first-order chi connectivity index (χ1) is 9.32. The first kappa shape index (κ1) is 14.2. The van der Waals surface area contributed by atoms with Gasteiger partial charge in [-0.1, -0.05) is 0 Å². The maximum Gasteiger partial charge on any atom is 0.278 e. The molecular formula is C15H19N3O2. The van der Waals surface area contributed by atoms with Crippen molar-refractivity contribution in [1.82, 2.24) is 9.55 Å². The summed E-state index contributed by atoms with van der Waals surface area (Å²) in [6, 6.07) is 0. The van der Waals surface area contributed by atoms with Crippen LogP contribution in [0.15, 0.2) is 12.4 Å². The van der Waals surface area contributed by atoms with Crippen molar-refractivity contribution in [2.24, 2.45) is 0 Å². The second kappa shape index (κ2) is 5.07. The molecule has 106 valence electrons. The van der Waals surface area contributed by atoms with Crippen LogP contribution >= 0.6 is 0 Å². The smallest absolute Gasteiger partial charge is 0.278 e. The molecule has 5 nitrogen and oxygen atoms in total. The highest BCUT2D eigenvalue weighted by molar-refractivity contribution is 5.47. The highest BCUT2D eigenvalue weighted by atomic mass is 16.6. The summed E-state index contributed by atoms with van der Waals surface area (Å²) < 4.78 is 2.10. The zero-order valence-electron chi connectivity index (χ0n) is 12.5. The van der Waals surface area contributed by atoms with Gasteiger partial charge in [-0.2, -0.15) is 0 Å². The Kier molecular flexibility index (Phi) is 3.61. The van der Waals surface area contributed by atoms with Crippen molar-refractivity contribution in [3.05, 3.63) is 56.1 Å². The van der Waals surface area contributed by atoms with Gasteiger partial charge in [0.2, 0.25) is 0 Å². The average Bonchev–Trinajstić information content (AvgIpc) is 2.60. The Morgan fingerprint density at radius 3 is 2.30 bits per heavy atom. The molecule has 2 aromatic heterocycles. The summed E-state index contributed by atoms with van der Waals surface area (Å²) in [5, 5.41) is 11.1. The second-order valence-electron chi connectivity index (χ2n) is 5.27. The molecule has 0 fully saturated rings. The molecule has 0 aliphatic rings. The highest BCUT2D eigenvalue weighted by Crippen LogP contribution is 2.25. The fourth-order valence-corrected chi connectivity index (χ4v) is 2.46. The Morgan fingerprint density at radius 1 is 1.15 bits per heavy atom. The van der Waals surface area contributed by atoms with E-state index in [0.29, 0.717) is 17.7 Å². The van der Waals surface area contributed by atoms with Crippen LogP contribution in [0.5, 0.6) is 0 Å². The van der Waals surface area contributed by atoms with Crippen molar-refractivity contribution in [3.8, 4) is 0 Å². The molecule has 0 radical (unpaired) electrons. The van der Waals surface area contributed by atoms with E-state index < -0.39 is 0 Å². The number of nitrogens with zero attached hydrogens (tertiary/aromatic N) is 3. The first-order valence-corrected chi connectivity index (χ1v) is 6.55. The average molecular weight is 273 g/mol. The predicted octanol–water partition coefficient (Wildman–Crippen LogP) is 3.38. The number of nitro groups is 1. The van der Waals surface area contributed by atoms with Crippen LogP contribution in [0.3, 0.4) is 0 Å². The minimum absolute atomic E-state index is 0.174. The molecule has 0 amide bonds. The van der Waals surface area contributed by atoms with Crippen molar-refractivity contribution < 1.29 is 4.92 Å². The summed E-state index contributed by atoms with van der Waals surface area (Å²) in [6.45, 7) is 10.3. The van der Waals surface area contributed by atoms with Crippen molar-refractivity contribution in [1.29, 1.82) is 0 Å². The van der Waals surface area contributed by atoms with Crippen LogP contribution in [0.25, 0.3) is 0 Å². The lowest BCUT2D eigenvalue weighted by Gasteiger charge is -2.10. The Hall–Kier alpha value is -2.17. The zero-order valence-corrected chi connectivity index (χ0v) is 12.5. The van der Waals surface area contributed by atoms with Crippen molar-refractivity contribution >= 4 is 5.69 Å². The van der Waals surface area contributed by atoms with Crippen molar-refractivity contribution in [2.45, 2.75) is 41.2 Å². The van der Waals surface area contributed by atoms with E-state index in [9.17, 15) is 10.1 Å². The molecule has 0 aliphatic heterocycles. The zero-order chi connectivity index (χ0) is 15.0. The predicted molar refractivity (Wildman–Crippen MR) is 78.1 cm³/mol. The summed E-state index contributed by atoms with van der Waals surface area (Å²) in [4.78, 5) is 15.2. The first-order valence-electron chi connectivity index (χ1n) is 6.55. The molecule has 20 heavy (non-hydrogen) atoms. The number of aromatic nitrogens is 2. The van der Waals surface area contributed by atoms with Crippen LogP contribution in [0.2, 0.25) is 0 Å². The van der Waals surface area contributed by atoms with Crippen LogP contribution in [0.4, 0.5) is 5.69 Å². The second-order valence-corrected chi connectivity index (χ2v) is 5.27. The van der Waals surface area contributed by atoms with Gasteiger partial charge in [0.05, 0.1) is 22.7 Å². The molecule has 2 rings (SSSR count). The lowest BCUT2D eigenvalue weighted by Crippen LogP contribution is -2.07. The van der Waals surface area contributed by atoms with E-state index in [-0.39, 0.29) is 10.6 Å². The number of pyridine rings is 1. The SMILES string of the molecule is Cc1cn(Cc2ncc(C)c([N+](=O)[O-])c2C)c(C)c1C. The van der Waals surface area contributed by atoms with Crippen LogP contribution in [-0.4, -0.2) is 14.5 Å². The van der Waals surface area contributed by atoms with E-state index in [4.69, 9.17) is 0 Å². The minimum Gasteiger partial charge on any atom is -0.345 e. The molecule has 0 saturated carbocycles. The summed E-state index contributed by atoms with van der Waals surface area (Å²) in [7, 11) is 0. The van der Waals surface area contributed by atoms with Crippen LogP contribution in [0, 0.1) is 44.7 Å².